The van der Waals surface area contributed by atoms with Crippen LogP contribution in [0.1, 0.15) is 34.3 Å². The number of aromatic nitrogens is 4. The Hall–Kier alpha value is -3.69. The number of carbonyl (C=O) groups excluding carboxylic acids is 1. The molecule has 5 rings (SSSR count). The van der Waals surface area contributed by atoms with Crippen molar-refractivity contribution in [2.24, 2.45) is 0 Å². The van der Waals surface area contributed by atoms with Gasteiger partial charge in [-0.1, -0.05) is 72.0 Å². The van der Waals surface area contributed by atoms with Crippen molar-refractivity contribution in [1.29, 1.82) is 0 Å². The maximum absolute atomic E-state index is 13.3. The number of hydrogen-bond acceptors (Lipinski definition) is 7. The number of rotatable bonds is 5. The molecular formula is C23H19N5O3S. The molecule has 1 aliphatic heterocycles. The molecule has 2 aromatic carbocycles. The number of hydrogen-bond donors (Lipinski definition) is 2. The third-order valence-electron chi connectivity index (χ3n) is 5.19. The number of amides is 1. The first-order chi connectivity index (χ1) is 15.7. The fraction of sp³-hybridized carbons (Fsp3) is 0.174. The van der Waals surface area contributed by atoms with Gasteiger partial charge in [-0.2, -0.15) is 5.10 Å². The molecule has 1 aliphatic rings. The number of benzene rings is 2. The van der Waals surface area contributed by atoms with E-state index in [2.05, 4.69) is 25.7 Å². The third kappa shape index (κ3) is 3.95. The highest BCUT2D eigenvalue weighted by atomic mass is 32.1. The van der Waals surface area contributed by atoms with E-state index < -0.39 is 11.5 Å². The Labute approximate surface area is 187 Å². The maximum atomic E-state index is 13.3. The molecule has 3 heterocycles. The van der Waals surface area contributed by atoms with Crippen LogP contribution in [0.2, 0.25) is 0 Å². The maximum Gasteiger partial charge on any atom is 0.277 e. The number of nitrogens with zero attached hydrogens (tertiary/aromatic N) is 3. The SMILES string of the molecule is O=C(Nc1nnc([C@@H]2CCCO2)s1)c1c(-c2ccccc2)c(-c2ccccc2)n[nH]c1=O. The molecule has 0 radical (unpaired) electrons. The van der Waals surface area contributed by atoms with E-state index in [1.807, 2.05) is 60.7 Å². The van der Waals surface area contributed by atoms with Crippen LogP contribution in [0.25, 0.3) is 22.4 Å². The molecule has 0 bridgehead atoms. The lowest BCUT2D eigenvalue weighted by Gasteiger charge is -2.13. The second-order valence-electron chi connectivity index (χ2n) is 7.28. The van der Waals surface area contributed by atoms with Crippen molar-refractivity contribution < 1.29 is 9.53 Å². The Kier molecular flexibility index (Phi) is 5.57. The number of ether oxygens (including phenoxy) is 1. The Morgan fingerprint density at radius 1 is 1.03 bits per heavy atom. The molecule has 1 fully saturated rings. The quantitative estimate of drug-likeness (QED) is 0.479. The second kappa shape index (κ2) is 8.81. The summed E-state index contributed by atoms with van der Waals surface area (Å²) in [5.74, 6) is -0.570. The van der Waals surface area contributed by atoms with Crippen molar-refractivity contribution in [2.75, 3.05) is 11.9 Å². The number of nitrogens with one attached hydrogen (secondary N) is 2. The summed E-state index contributed by atoms with van der Waals surface area (Å²) in [6, 6.07) is 18.7. The summed E-state index contributed by atoms with van der Waals surface area (Å²) in [5, 5.41) is 18.7. The van der Waals surface area contributed by atoms with Gasteiger partial charge in [0.15, 0.2) is 0 Å². The highest BCUT2D eigenvalue weighted by molar-refractivity contribution is 7.15. The van der Waals surface area contributed by atoms with E-state index in [0.717, 1.165) is 23.4 Å². The molecule has 1 atom stereocenters. The summed E-state index contributed by atoms with van der Waals surface area (Å²) in [7, 11) is 0. The van der Waals surface area contributed by atoms with Crippen LogP contribution in [-0.4, -0.2) is 32.9 Å². The average molecular weight is 446 g/mol. The van der Waals surface area contributed by atoms with Crippen molar-refractivity contribution in [2.45, 2.75) is 18.9 Å². The zero-order chi connectivity index (χ0) is 21.9. The van der Waals surface area contributed by atoms with Crippen LogP contribution in [0.5, 0.6) is 0 Å². The highest BCUT2D eigenvalue weighted by Crippen LogP contribution is 2.34. The number of H-pyrrole nitrogens is 1. The molecule has 2 aromatic heterocycles. The minimum Gasteiger partial charge on any atom is -0.371 e. The van der Waals surface area contributed by atoms with E-state index in [4.69, 9.17) is 4.74 Å². The van der Waals surface area contributed by atoms with Gasteiger partial charge in [0.25, 0.3) is 11.5 Å². The highest BCUT2D eigenvalue weighted by Gasteiger charge is 2.26. The van der Waals surface area contributed by atoms with Gasteiger partial charge < -0.3 is 4.74 Å². The minimum absolute atomic E-state index is 0.0288. The largest absolute Gasteiger partial charge is 0.371 e. The Morgan fingerprint density at radius 2 is 1.75 bits per heavy atom. The van der Waals surface area contributed by atoms with Crippen molar-refractivity contribution >= 4 is 22.4 Å². The molecule has 1 saturated heterocycles. The summed E-state index contributed by atoms with van der Waals surface area (Å²) in [4.78, 5) is 26.1. The summed E-state index contributed by atoms with van der Waals surface area (Å²) >= 11 is 1.25. The molecule has 0 spiro atoms. The molecular weight excluding hydrogens is 426 g/mol. The van der Waals surface area contributed by atoms with Crippen molar-refractivity contribution in [3.8, 4) is 22.4 Å². The van der Waals surface area contributed by atoms with Gasteiger partial charge in [-0.15, -0.1) is 10.2 Å². The van der Waals surface area contributed by atoms with Gasteiger partial charge in [0.05, 0.1) is 5.69 Å². The Bertz CT molecular complexity index is 1300. The van der Waals surface area contributed by atoms with Gasteiger partial charge in [-0.3, -0.25) is 14.9 Å². The first kappa shape index (κ1) is 20.2. The predicted molar refractivity (Wildman–Crippen MR) is 122 cm³/mol. The fourth-order valence-corrected chi connectivity index (χ4v) is 4.53. The van der Waals surface area contributed by atoms with Crippen LogP contribution in [0, 0.1) is 0 Å². The van der Waals surface area contributed by atoms with Crippen LogP contribution in [0.3, 0.4) is 0 Å². The van der Waals surface area contributed by atoms with Gasteiger partial charge in [0.2, 0.25) is 5.13 Å². The molecule has 8 nitrogen and oxygen atoms in total. The molecule has 4 aromatic rings. The fourth-order valence-electron chi connectivity index (χ4n) is 3.71. The number of anilines is 1. The zero-order valence-electron chi connectivity index (χ0n) is 16.9. The molecule has 1 amide bonds. The van der Waals surface area contributed by atoms with E-state index in [-0.39, 0.29) is 11.7 Å². The van der Waals surface area contributed by atoms with Crippen LogP contribution >= 0.6 is 11.3 Å². The molecule has 32 heavy (non-hydrogen) atoms. The van der Waals surface area contributed by atoms with Crippen LogP contribution < -0.4 is 10.9 Å². The number of carbonyl (C=O) groups is 1. The Morgan fingerprint density at radius 3 is 2.44 bits per heavy atom. The molecule has 0 unspecified atom stereocenters. The second-order valence-corrected chi connectivity index (χ2v) is 8.29. The van der Waals surface area contributed by atoms with E-state index in [1.165, 1.54) is 11.3 Å². The van der Waals surface area contributed by atoms with Crippen molar-refractivity contribution in [3.63, 3.8) is 0 Å². The molecule has 160 valence electrons. The molecule has 9 heteroatoms. The lowest BCUT2D eigenvalue weighted by atomic mass is 9.95. The first-order valence-corrected chi connectivity index (χ1v) is 11.0. The first-order valence-electron chi connectivity index (χ1n) is 10.2. The Balaban J connectivity index is 1.57. The monoisotopic (exact) mass is 445 g/mol. The van der Waals surface area contributed by atoms with E-state index in [0.29, 0.717) is 28.6 Å². The van der Waals surface area contributed by atoms with Gasteiger partial charge in [-0.05, 0) is 18.4 Å². The zero-order valence-corrected chi connectivity index (χ0v) is 17.8. The van der Waals surface area contributed by atoms with Gasteiger partial charge in [0.1, 0.15) is 16.7 Å². The van der Waals surface area contributed by atoms with Gasteiger partial charge >= 0.3 is 0 Å². The normalized spacial score (nSPS) is 15.6. The molecule has 0 saturated carbocycles. The van der Waals surface area contributed by atoms with E-state index >= 15 is 0 Å². The molecule has 2 N–H and O–H groups in total. The smallest absolute Gasteiger partial charge is 0.277 e. The van der Waals surface area contributed by atoms with E-state index in [1.54, 1.807) is 0 Å². The lowest BCUT2D eigenvalue weighted by molar-refractivity contribution is 0.102. The van der Waals surface area contributed by atoms with E-state index in [9.17, 15) is 9.59 Å². The average Bonchev–Trinajstić information content (AvgIpc) is 3.52. The summed E-state index contributed by atoms with van der Waals surface area (Å²) < 4.78 is 5.63. The van der Waals surface area contributed by atoms with Gasteiger partial charge in [0, 0.05) is 17.7 Å². The van der Waals surface area contributed by atoms with Crippen molar-refractivity contribution in [3.05, 3.63) is 81.6 Å². The number of aromatic amines is 1. The molecule has 0 aliphatic carbocycles. The van der Waals surface area contributed by atoms with Gasteiger partial charge in [-0.25, -0.2) is 5.10 Å². The topological polar surface area (TPSA) is 110 Å². The predicted octanol–water partition coefficient (Wildman–Crippen LogP) is 4.06. The summed E-state index contributed by atoms with van der Waals surface area (Å²) in [6.45, 7) is 0.695. The van der Waals surface area contributed by atoms with Crippen LogP contribution in [-0.2, 0) is 4.74 Å². The summed E-state index contributed by atoms with van der Waals surface area (Å²) in [6.07, 6.45) is 1.76. The third-order valence-corrected chi connectivity index (χ3v) is 6.12. The summed E-state index contributed by atoms with van der Waals surface area (Å²) in [5.41, 5.74) is 1.87. The van der Waals surface area contributed by atoms with Crippen molar-refractivity contribution in [1.82, 2.24) is 20.4 Å². The standard InChI is InChI=1S/C23H19N5O3S/c29-20(24-23-28-27-22(32-23)16-12-7-13-31-16)18-17(14-8-3-1-4-9-14)19(25-26-21(18)30)15-10-5-2-6-11-15/h1-6,8-11,16H,7,12-13H2,(H,26,30)(H,24,28,29)/t16-/m0/s1. The van der Waals surface area contributed by atoms with Crippen LogP contribution in [0.15, 0.2) is 65.5 Å². The van der Waals surface area contributed by atoms with Crippen LogP contribution in [0.4, 0.5) is 5.13 Å². The minimum atomic E-state index is -0.579. The lowest BCUT2D eigenvalue weighted by Crippen LogP contribution is -2.26.